The molecule has 7 nitrogen and oxygen atoms in total. The monoisotopic (exact) mass is 403 g/mol. The van der Waals surface area contributed by atoms with Crippen molar-refractivity contribution in [3.8, 4) is 0 Å². The average Bonchev–Trinajstić information content (AvgIpc) is 2.66. The molecule has 0 saturated carbocycles. The van der Waals surface area contributed by atoms with Crippen molar-refractivity contribution in [3.05, 3.63) is 65.7 Å². The van der Waals surface area contributed by atoms with Crippen molar-refractivity contribution in [1.82, 2.24) is 15.4 Å². The van der Waals surface area contributed by atoms with Crippen LogP contribution in [0.4, 0.5) is 0 Å². The third-order valence-corrected chi connectivity index (χ3v) is 5.50. The summed E-state index contributed by atoms with van der Waals surface area (Å²) in [5.41, 5.74) is 1.76. The number of sulfonamides is 1. The molecule has 0 aliphatic heterocycles. The van der Waals surface area contributed by atoms with Gasteiger partial charge in [0.2, 0.25) is 10.0 Å². The van der Waals surface area contributed by atoms with Gasteiger partial charge in [-0.05, 0) is 43.5 Å². The lowest BCUT2D eigenvalue weighted by Gasteiger charge is -2.10. The smallest absolute Gasteiger partial charge is 0.309 e. The number of rotatable bonds is 8. The molecule has 8 heteroatoms. The van der Waals surface area contributed by atoms with E-state index in [-0.39, 0.29) is 24.0 Å². The Morgan fingerprint density at radius 3 is 2.07 bits per heavy atom. The number of amides is 2. The summed E-state index contributed by atoms with van der Waals surface area (Å²) in [6.07, 6.45) is 0.482. The molecule has 0 saturated heterocycles. The first kappa shape index (κ1) is 21.6. The molecule has 0 bridgehead atoms. The van der Waals surface area contributed by atoms with Crippen molar-refractivity contribution in [3.63, 3.8) is 0 Å². The van der Waals surface area contributed by atoms with Crippen molar-refractivity contribution in [2.45, 2.75) is 37.8 Å². The third-order valence-electron chi connectivity index (χ3n) is 3.83. The van der Waals surface area contributed by atoms with Crippen LogP contribution in [-0.2, 0) is 32.6 Å². The molecule has 0 aliphatic carbocycles. The zero-order chi connectivity index (χ0) is 20.6. The van der Waals surface area contributed by atoms with Crippen molar-refractivity contribution < 1.29 is 18.0 Å². The Bertz CT molecular complexity index is 895. The Morgan fingerprint density at radius 1 is 0.857 bits per heavy atom. The molecule has 0 heterocycles. The molecule has 0 atom stereocenters. The van der Waals surface area contributed by atoms with Crippen LogP contribution in [0, 0.1) is 0 Å². The van der Waals surface area contributed by atoms with Gasteiger partial charge >= 0.3 is 11.8 Å². The van der Waals surface area contributed by atoms with Gasteiger partial charge in [-0.3, -0.25) is 9.59 Å². The Balaban J connectivity index is 1.78. The summed E-state index contributed by atoms with van der Waals surface area (Å²) in [5, 5.41) is 5.12. The summed E-state index contributed by atoms with van der Waals surface area (Å²) in [5.74, 6) is -1.39. The minimum atomic E-state index is -3.52. The average molecular weight is 404 g/mol. The molecule has 0 aliphatic rings. The highest BCUT2D eigenvalue weighted by Crippen LogP contribution is 2.11. The van der Waals surface area contributed by atoms with E-state index < -0.39 is 21.8 Å². The first-order valence-electron chi connectivity index (χ1n) is 8.99. The number of hydrogen-bond acceptors (Lipinski definition) is 4. The highest BCUT2D eigenvalue weighted by atomic mass is 32.2. The Morgan fingerprint density at radius 2 is 1.46 bits per heavy atom. The summed E-state index contributed by atoms with van der Waals surface area (Å²) in [6.45, 7) is 4.07. The molecule has 2 aromatic carbocycles. The lowest BCUT2D eigenvalue weighted by atomic mass is 10.1. The Kier molecular flexibility index (Phi) is 7.71. The van der Waals surface area contributed by atoms with E-state index in [1.807, 2.05) is 30.3 Å². The number of carbonyl (C=O) groups is 2. The van der Waals surface area contributed by atoms with Gasteiger partial charge in [0.05, 0.1) is 4.90 Å². The first-order valence-corrected chi connectivity index (χ1v) is 10.5. The van der Waals surface area contributed by atoms with Crippen LogP contribution in [0.2, 0.25) is 0 Å². The van der Waals surface area contributed by atoms with Gasteiger partial charge in [-0.2, -0.15) is 0 Å². The van der Waals surface area contributed by atoms with Crippen LogP contribution in [0.1, 0.15) is 25.0 Å². The van der Waals surface area contributed by atoms with Crippen molar-refractivity contribution >= 4 is 21.8 Å². The van der Waals surface area contributed by atoms with Gasteiger partial charge in [0.15, 0.2) is 0 Å². The first-order chi connectivity index (χ1) is 13.3. The fraction of sp³-hybridized carbons (Fsp3) is 0.300. The number of nitrogens with one attached hydrogen (secondary N) is 3. The topological polar surface area (TPSA) is 104 Å². The molecule has 3 N–H and O–H groups in total. The molecule has 0 fully saturated rings. The Hall–Kier alpha value is -2.71. The number of carbonyl (C=O) groups excluding carboxylic acids is 2. The molecule has 2 rings (SSSR count). The van der Waals surface area contributed by atoms with E-state index in [1.54, 1.807) is 26.0 Å². The molecule has 0 spiro atoms. The minimum absolute atomic E-state index is 0.187. The quantitative estimate of drug-likeness (QED) is 0.579. The van der Waals surface area contributed by atoms with Crippen LogP contribution in [0.3, 0.4) is 0 Å². The minimum Gasteiger partial charge on any atom is -0.348 e. The van der Waals surface area contributed by atoms with Crippen LogP contribution in [0.15, 0.2) is 59.5 Å². The molecule has 0 unspecified atom stereocenters. The molecule has 2 aromatic rings. The number of benzene rings is 2. The normalized spacial score (nSPS) is 11.2. The van der Waals surface area contributed by atoms with E-state index in [0.717, 1.165) is 11.1 Å². The van der Waals surface area contributed by atoms with E-state index >= 15 is 0 Å². The van der Waals surface area contributed by atoms with Crippen LogP contribution in [0.25, 0.3) is 0 Å². The van der Waals surface area contributed by atoms with Gasteiger partial charge in [0.1, 0.15) is 0 Å². The fourth-order valence-corrected chi connectivity index (χ4v) is 3.72. The SMILES string of the molecule is CC(C)NS(=O)(=O)c1ccc(CCNC(=O)C(=O)NCc2ccccc2)cc1. The molecule has 0 aromatic heterocycles. The summed E-state index contributed by atoms with van der Waals surface area (Å²) < 4.78 is 26.7. The highest BCUT2D eigenvalue weighted by molar-refractivity contribution is 7.89. The van der Waals surface area contributed by atoms with Gasteiger partial charge in [-0.1, -0.05) is 42.5 Å². The third kappa shape index (κ3) is 6.79. The Labute approximate surface area is 165 Å². The lowest BCUT2D eigenvalue weighted by molar-refractivity contribution is -0.139. The van der Waals surface area contributed by atoms with Gasteiger partial charge in [-0.25, -0.2) is 13.1 Å². The number of hydrogen-bond donors (Lipinski definition) is 3. The molecular weight excluding hydrogens is 378 g/mol. The van der Waals surface area contributed by atoms with E-state index in [9.17, 15) is 18.0 Å². The summed E-state index contributed by atoms with van der Waals surface area (Å²) in [7, 11) is -3.52. The molecular formula is C20H25N3O4S. The standard InChI is InChI=1S/C20H25N3O4S/c1-15(2)23-28(26,27)18-10-8-16(9-11-18)12-13-21-19(24)20(25)22-14-17-6-4-3-5-7-17/h3-11,15,23H,12-14H2,1-2H3,(H,21,24)(H,22,25). The second-order valence-electron chi connectivity index (χ2n) is 6.59. The van der Waals surface area contributed by atoms with Crippen LogP contribution in [-0.4, -0.2) is 32.8 Å². The molecule has 0 radical (unpaired) electrons. The van der Waals surface area contributed by atoms with E-state index in [2.05, 4.69) is 15.4 Å². The zero-order valence-electron chi connectivity index (χ0n) is 15.9. The van der Waals surface area contributed by atoms with Crippen molar-refractivity contribution in [1.29, 1.82) is 0 Å². The van der Waals surface area contributed by atoms with Crippen LogP contribution >= 0.6 is 0 Å². The van der Waals surface area contributed by atoms with E-state index in [0.29, 0.717) is 6.42 Å². The zero-order valence-corrected chi connectivity index (χ0v) is 16.8. The maximum absolute atomic E-state index is 12.1. The second kappa shape index (κ2) is 10.0. The van der Waals surface area contributed by atoms with E-state index in [1.165, 1.54) is 12.1 Å². The summed E-state index contributed by atoms with van der Waals surface area (Å²) in [4.78, 5) is 23.8. The molecule has 150 valence electrons. The summed E-state index contributed by atoms with van der Waals surface area (Å²) >= 11 is 0. The molecule has 2 amide bonds. The van der Waals surface area contributed by atoms with Crippen molar-refractivity contribution in [2.24, 2.45) is 0 Å². The predicted octanol–water partition coefficient (Wildman–Crippen LogP) is 1.35. The summed E-state index contributed by atoms with van der Waals surface area (Å²) in [6, 6.07) is 15.6. The van der Waals surface area contributed by atoms with Gasteiger partial charge in [0, 0.05) is 19.1 Å². The van der Waals surface area contributed by atoms with Gasteiger partial charge in [-0.15, -0.1) is 0 Å². The van der Waals surface area contributed by atoms with Crippen LogP contribution in [0.5, 0.6) is 0 Å². The molecule has 28 heavy (non-hydrogen) atoms. The van der Waals surface area contributed by atoms with E-state index in [4.69, 9.17) is 0 Å². The lowest BCUT2D eigenvalue weighted by Crippen LogP contribution is -2.40. The fourth-order valence-electron chi connectivity index (χ4n) is 2.47. The van der Waals surface area contributed by atoms with Crippen molar-refractivity contribution in [2.75, 3.05) is 6.54 Å². The predicted molar refractivity (Wildman–Crippen MR) is 107 cm³/mol. The van der Waals surface area contributed by atoms with Gasteiger partial charge in [0.25, 0.3) is 0 Å². The largest absolute Gasteiger partial charge is 0.348 e. The maximum atomic E-state index is 12.1. The highest BCUT2D eigenvalue weighted by Gasteiger charge is 2.15. The van der Waals surface area contributed by atoms with Crippen LogP contribution < -0.4 is 15.4 Å². The van der Waals surface area contributed by atoms with Gasteiger partial charge < -0.3 is 10.6 Å². The second-order valence-corrected chi connectivity index (χ2v) is 8.31. The maximum Gasteiger partial charge on any atom is 0.309 e.